The van der Waals surface area contributed by atoms with Gasteiger partial charge in [-0.1, -0.05) is 23.8 Å². The number of hydrogen-bond donors (Lipinski definition) is 1. The highest BCUT2D eigenvalue weighted by molar-refractivity contribution is 6.32. The number of nitrogens with one attached hydrogen (secondary N) is 1. The fourth-order valence-electron chi connectivity index (χ4n) is 1.04. The molecular formula is C11H10Cl2N2. The molecule has 4 heteroatoms. The third-order valence-electron chi connectivity index (χ3n) is 1.77. The Morgan fingerprint density at radius 3 is 2.80 bits per heavy atom. The molecule has 15 heavy (non-hydrogen) atoms. The summed E-state index contributed by atoms with van der Waals surface area (Å²) in [4.78, 5) is 0. The second kappa shape index (κ2) is 6.34. The van der Waals surface area contributed by atoms with Gasteiger partial charge in [-0.2, -0.15) is 5.26 Å². The maximum atomic E-state index is 8.67. The van der Waals surface area contributed by atoms with E-state index in [0.717, 1.165) is 5.69 Å². The molecule has 0 atom stereocenters. The number of benzene rings is 1. The van der Waals surface area contributed by atoms with Gasteiger partial charge in [-0.3, -0.25) is 0 Å². The average Bonchev–Trinajstić information content (AvgIpc) is 2.25. The molecule has 0 unspecified atom stereocenters. The highest BCUT2D eigenvalue weighted by Crippen LogP contribution is 2.19. The van der Waals surface area contributed by atoms with Crippen molar-refractivity contribution < 1.29 is 0 Å². The Morgan fingerprint density at radius 2 is 2.20 bits per heavy atom. The maximum Gasteiger partial charge on any atom is 0.101 e. The minimum Gasteiger partial charge on any atom is -0.382 e. The van der Waals surface area contributed by atoms with Crippen molar-refractivity contribution in [2.24, 2.45) is 0 Å². The van der Waals surface area contributed by atoms with Gasteiger partial charge in [0, 0.05) is 18.1 Å². The van der Waals surface area contributed by atoms with Crippen LogP contribution in [0.4, 0.5) is 5.69 Å². The number of allylic oxidation sites excluding steroid dienone is 1. The Balaban J connectivity index is 2.60. The Hall–Kier alpha value is -1.17. The molecular weight excluding hydrogens is 231 g/mol. The molecule has 1 N–H and O–H groups in total. The molecule has 0 aliphatic heterocycles. The molecule has 0 fully saturated rings. The van der Waals surface area contributed by atoms with Crippen LogP contribution in [0.5, 0.6) is 0 Å². The smallest absolute Gasteiger partial charge is 0.101 e. The van der Waals surface area contributed by atoms with Crippen LogP contribution in [0.25, 0.3) is 0 Å². The van der Waals surface area contributed by atoms with Gasteiger partial charge in [-0.05, 0) is 18.2 Å². The summed E-state index contributed by atoms with van der Waals surface area (Å²) in [5.41, 5.74) is 1.37. The van der Waals surface area contributed by atoms with Gasteiger partial charge in [0.05, 0.1) is 10.6 Å². The molecule has 0 saturated heterocycles. The van der Waals surface area contributed by atoms with Crippen LogP contribution in [0.3, 0.4) is 0 Å². The Morgan fingerprint density at radius 1 is 1.40 bits per heavy atom. The zero-order chi connectivity index (χ0) is 11.1. The van der Waals surface area contributed by atoms with Crippen LogP contribution in [-0.4, -0.2) is 12.4 Å². The van der Waals surface area contributed by atoms with Crippen molar-refractivity contribution >= 4 is 28.9 Å². The van der Waals surface area contributed by atoms with E-state index in [4.69, 9.17) is 28.5 Å². The number of nitrogens with zero attached hydrogens (tertiary/aromatic N) is 1. The van der Waals surface area contributed by atoms with Crippen molar-refractivity contribution in [3.63, 3.8) is 0 Å². The van der Waals surface area contributed by atoms with Crippen LogP contribution in [0.1, 0.15) is 5.56 Å². The van der Waals surface area contributed by atoms with E-state index >= 15 is 0 Å². The van der Waals surface area contributed by atoms with Gasteiger partial charge in [0.15, 0.2) is 0 Å². The highest BCUT2D eigenvalue weighted by atomic mass is 35.5. The van der Waals surface area contributed by atoms with Gasteiger partial charge in [0.25, 0.3) is 0 Å². The summed E-state index contributed by atoms with van der Waals surface area (Å²) in [6.07, 6.45) is 3.79. The van der Waals surface area contributed by atoms with Crippen molar-refractivity contribution in [3.05, 3.63) is 40.9 Å². The van der Waals surface area contributed by atoms with Crippen molar-refractivity contribution in [1.82, 2.24) is 0 Å². The lowest BCUT2D eigenvalue weighted by Gasteiger charge is -2.04. The van der Waals surface area contributed by atoms with Crippen LogP contribution in [0, 0.1) is 11.3 Å². The van der Waals surface area contributed by atoms with Crippen molar-refractivity contribution in [3.8, 4) is 6.07 Å². The number of nitriles is 1. The zero-order valence-corrected chi connectivity index (χ0v) is 9.52. The zero-order valence-electron chi connectivity index (χ0n) is 8.00. The Bertz CT molecular complexity index is 394. The minimum absolute atomic E-state index is 0.462. The lowest BCUT2D eigenvalue weighted by Crippen LogP contribution is -1.98. The van der Waals surface area contributed by atoms with Gasteiger partial charge in [0.2, 0.25) is 0 Å². The molecule has 0 spiro atoms. The molecule has 78 valence electrons. The lowest BCUT2D eigenvalue weighted by molar-refractivity contribution is 1.32. The molecule has 0 radical (unpaired) electrons. The molecule has 2 nitrogen and oxygen atoms in total. The first kappa shape index (κ1) is 11.9. The minimum atomic E-state index is 0.462. The Kier molecular flexibility index (Phi) is 5.03. The molecule has 0 saturated carbocycles. The number of anilines is 1. The van der Waals surface area contributed by atoms with Crippen LogP contribution >= 0.6 is 23.2 Å². The first-order valence-corrected chi connectivity index (χ1v) is 5.33. The third-order valence-corrected chi connectivity index (χ3v) is 2.26. The standard InChI is InChI=1S/C11H10Cl2N2/c12-5-1-2-6-15-10-4-3-9(8-14)11(13)7-10/h1-4,7,15H,5-6H2/b2-1+. The monoisotopic (exact) mass is 240 g/mol. The van der Waals surface area contributed by atoms with E-state index in [1.165, 1.54) is 0 Å². The summed E-state index contributed by atoms with van der Waals surface area (Å²) in [5.74, 6) is 0.510. The second-order valence-corrected chi connectivity index (χ2v) is 3.53. The summed E-state index contributed by atoms with van der Waals surface area (Å²) in [6, 6.07) is 7.25. The van der Waals surface area contributed by atoms with E-state index in [1.54, 1.807) is 12.1 Å². The highest BCUT2D eigenvalue weighted by Gasteiger charge is 1.99. The van der Waals surface area contributed by atoms with E-state index in [-0.39, 0.29) is 0 Å². The van der Waals surface area contributed by atoms with Gasteiger partial charge < -0.3 is 5.32 Å². The fourth-order valence-corrected chi connectivity index (χ4v) is 1.39. The van der Waals surface area contributed by atoms with Crippen LogP contribution in [0.2, 0.25) is 5.02 Å². The third kappa shape index (κ3) is 3.83. The Labute approximate surface area is 99.1 Å². The van der Waals surface area contributed by atoms with Crippen LogP contribution < -0.4 is 5.32 Å². The van der Waals surface area contributed by atoms with Gasteiger partial charge >= 0.3 is 0 Å². The molecule has 0 aromatic heterocycles. The van der Waals surface area contributed by atoms with E-state index in [9.17, 15) is 0 Å². The van der Waals surface area contributed by atoms with Crippen molar-refractivity contribution in [1.29, 1.82) is 5.26 Å². The molecule has 0 amide bonds. The maximum absolute atomic E-state index is 8.67. The SMILES string of the molecule is N#Cc1ccc(NC/C=C/CCl)cc1Cl. The van der Waals surface area contributed by atoms with Crippen LogP contribution in [-0.2, 0) is 0 Å². The number of rotatable bonds is 4. The fraction of sp³-hybridized carbons (Fsp3) is 0.182. The van der Waals surface area contributed by atoms with Crippen molar-refractivity contribution in [2.45, 2.75) is 0 Å². The molecule has 1 aromatic carbocycles. The average molecular weight is 241 g/mol. The van der Waals surface area contributed by atoms with E-state index in [2.05, 4.69) is 5.32 Å². The summed E-state index contributed by atoms with van der Waals surface area (Å²) >= 11 is 11.3. The molecule has 0 bridgehead atoms. The van der Waals surface area contributed by atoms with E-state index in [0.29, 0.717) is 23.0 Å². The van der Waals surface area contributed by atoms with Crippen molar-refractivity contribution in [2.75, 3.05) is 17.7 Å². The number of alkyl halides is 1. The first-order chi connectivity index (χ1) is 7.27. The van der Waals surface area contributed by atoms with Crippen LogP contribution in [0.15, 0.2) is 30.4 Å². The lowest BCUT2D eigenvalue weighted by atomic mass is 10.2. The normalized spacial score (nSPS) is 10.2. The summed E-state index contributed by atoms with van der Waals surface area (Å²) < 4.78 is 0. The predicted octanol–water partition coefficient (Wildman–Crippen LogP) is 3.42. The summed E-state index contributed by atoms with van der Waals surface area (Å²) in [5, 5.41) is 12.3. The number of halogens is 2. The van der Waals surface area contributed by atoms with Gasteiger partial charge in [-0.15, -0.1) is 11.6 Å². The summed E-state index contributed by atoms with van der Waals surface area (Å²) in [7, 11) is 0. The predicted molar refractivity (Wildman–Crippen MR) is 64.5 cm³/mol. The molecule has 1 rings (SSSR count). The second-order valence-electron chi connectivity index (χ2n) is 2.81. The number of hydrogen-bond acceptors (Lipinski definition) is 2. The van der Waals surface area contributed by atoms with Gasteiger partial charge in [-0.25, -0.2) is 0 Å². The van der Waals surface area contributed by atoms with E-state index in [1.807, 2.05) is 24.3 Å². The largest absolute Gasteiger partial charge is 0.382 e. The van der Waals surface area contributed by atoms with E-state index < -0.39 is 0 Å². The topological polar surface area (TPSA) is 35.8 Å². The summed E-state index contributed by atoms with van der Waals surface area (Å²) in [6.45, 7) is 0.689. The molecule has 0 heterocycles. The first-order valence-electron chi connectivity index (χ1n) is 4.42. The quantitative estimate of drug-likeness (QED) is 0.647. The molecule has 0 aliphatic carbocycles. The molecule has 1 aromatic rings. The van der Waals surface area contributed by atoms with Gasteiger partial charge in [0.1, 0.15) is 6.07 Å². The molecule has 0 aliphatic rings.